The van der Waals surface area contributed by atoms with Crippen molar-refractivity contribution < 1.29 is 18.3 Å². The molecule has 0 aliphatic rings. The second-order valence-corrected chi connectivity index (χ2v) is 6.28. The van der Waals surface area contributed by atoms with Gasteiger partial charge in [-0.1, -0.05) is 17.7 Å². The molecule has 0 spiro atoms. The van der Waals surface area contributed by atoms with Crippen LogP contribution in [0.1, 0.15) is 15.9 Å². The molecule has 0 aliphatic carbocycles. The van der Waals surface area contributed by atoms with Gasteiger partial charge in [0.2, 0.25) is 0 Å². The molecule has 1 heterocycles. The number of nitrogens with zero attached hydrogens (tertiary/aromatic N) is 1. The van der Waals surface area contributed by atoms with Gasteiger partial charge in [0.05, 0.1) is 10.6 Å². The van der Waals surface area contributed by atoms with Gasteiger partial charge in [-0.05, 0) is 36.8 Å². The zero-order chi connectivity index (χ0) is 15.6. The van der Waals surface area contributed by atoms with Crippen LogP contribution < -0.4 is 4.72 Å². The van der Waals surface area contributed by atoms with Gasteiger partial charge in [0.25, 0.3) is 10.0 Å². The molecular formula is C13H11ClN2O4S. The lowest BCUT2D eigenvalue weighted by Crippen LogP contribution is -2.16. The Morgan fingerprint density at radius 2 is 2.05 bits per heavy atom. The first-order valence-corrected chi connectivity index (χ1v) is 7.64. The summed E-state index contributed by atoms with van der Waals surface area (Å²) in [6.07, 6.45) is 1.44. The van der Waals surface area contributed by atoms with Gasteiger partial charge < -0.3 is 5.11 Å². The van der Waals surface area contributed by atoms with Crippen LogP contribution >= 0.6 is 11.6 Å². The van der Waals surface area contributed by atoms with Gasteiger partial charge in [-0.2, -0.15) is 0 Å². The number of carboxylic acid groups (broad SMARTS) is 1. The van der Waals surface area contributed by atoms with Gasteiger partial charge in [0.15, 0.2) is 0 Å². The summed E-state index contributed by atoms with van der Waals surface area (Å²) >= 11 is 5.86. The topological polar surface area (TPSA) is 96.4 Å². The number of carboxylic acids is 1. The van der Waals surface area contributed by atoms with Gasteiger partial charge >= 0.3 is 5.97 Å². The molecule has 0 bridgehead atoms. The molecular weight excluding hydrogens is 316 g/mol. The van der Waals surface area contributed by atoms with Crippen molar-refractivity contribution in [2.24, 2.45) is 0 Å². The van der Waals surface area contributed by atoms with E-state index in [1.54, 1.807) is 19.1 Å². The minimum absolute atomic E-state index is 0.0684. The molecule has 1 aromatic heterocycles. The number of hydrogen-bond acceptors (Lipinski definition) is 4. The number of aryl methyl sites for hydroxylation is 1. The van der Waals surface area contributed by atoms with E-state index in [2.05, 4.69) is 9.71 Å². The number of pyridine rings is 1. The van der Waals surface area contributed by atoms with Gasteiger partial charge in [-0.3, -0.25) is 4.72 Å². The third kappa shape index (κ3) is 3.32. The number of benzene rings is 1. The highest BCUT2D eigenvalue weighted by Gasteiger charge is 2.21. The van der Waals surface area contributed by atoms with Crippen LogP contribution in [0.4, 0.5) is 5.82 Å². The molecule has 0 fully saturated rings. The Morgan fingerprint density at radius 1 is 1.33 bits per heavy atom. The van der Waals surface area contributed by atoms with Gasteiger partial charge in [-0.15, -0.1) is 0 Å². The van der Waals surface area contributed by atoms with Gasteiger partial charge in [-0.25, -0.2) is 18.2 Å². The second kappa shape index (κ2) is 5.71. The van der Waals surface area contributed by atoms with Crippen molar-refractivity contribution in [1.29, 1.82) is 0 Å². The second-order valence-electron chi connectivity index (χ2n) is 4.22. The normalized spacial score (nSPS) is 11.1. The molecule has 0 saturated carbocycles. The summed E-state index contributed by atoms with van der Waals surface area (Å²) in [6, 6.07) is 6.83. The molecule has 110 valence electrons. The first-order chi connectivity index (χ1) is 9.81. The van der Waals surface area contributed by atoms with E-state index in [9.17, 15) is 13.2 Å². The molecule has 8 heteroatoms. The van der Waals surface area contributed by atoms with Crippen LogP contribution in [0, 0.1) is 6.92 Å². The fourth-order valence-electron chi connectivity index (χ4n) is 1.62. The Hall–Kier alpha value is -2.12. The molecule has 0 atom stereocenters. The maximum Gasteiger partial charge on any atom is 0.335 e. The highest BCUT2D eigenvalue weighted by Crippen LogP contribution is 2.25. The number of nitrogens with one attached hydrogen (secondary N) is 1. The molecule has 6 nitrogen and oxygen atoms in total. The average Bonchev–Trinajstić information content (AvgIpc) is 2.41. The lowest BCUT2D eigenvalue weighted by Gasteiger charge is -2.11. The first kappa shape index (κ1) is 15.3. The van der Waals surface area contributed by atoms with E-state index in [-0.39, 0.29) is 21.3 Å². The summed E-state index contributed by atoms with van der Waals surface area (Å²) in [7, 11) is -4.03. The van der Waals surface area contributed by atoms with Crippen LogP contribution in [0.5, 0.6) is 0 Å². The van der Waals surface area contributed by atoms with Gasteiger partial charge in [0.1, 0.15) is 10.7 Å². The Balaban J connectivity index is 2.47. The van der Waals surface area contributed by atoms with Crippen molar-refractivity contribution in [2.45, 2.75) is 11.8 Å². The Labute approximate surface area is 126 Å². The van der Waals surface area contributed by atoms with Crippen LogP contribution in [0.25, 0.3) is 0 Å². The average molecular weight is 327 g/mol. The number of aromatic carboxylic acids is 1. The Bertz CT molecular complexity index is 806. The fourth-order valence-corrected chi connectivity index (χ4v) is 3.22. The van der Waals surface area contributed by atoms with E-state index in [4.69, 9.17) is 16.7 Å². The number of aromatic nitrogens is 1. The minimum Gasteiger partial charge on any atom is -0.478 e. The predicted molar refractivity (Wildman–Crippen MR) is 78.2 cm³/mol. The Kier molecular flexibility index (Phi) is 4.15. The van der Waals surface area contributed by atoms with E-state index >= 15 is 0 Å². The summed E-state index contributed by atoms with van der Waals surface area (Å²) in [5, 5.41) is 8.86. The van der Waals surface area contributed by atoms with E-state index < -0.39 is 16.0 Å². The molecule has 0 radical (unpaired) electrons. The quantitative estimate of drug-likeness (QED) is 0.900. The lowest BCUT2D eigenvalue weighted by atomic mass is 10.2. The zero-order valence-electron chi connectivity index (χ0n) is 10.9. The third-order valence-electron chi connectivity index (χ3n) is 2.71. The summed E-state index contributed by atoms with van der Waals surface area (Å²) in [4.78, 5) is 14.5. The van der Waals surface area contributed by atoms with Crippen LogP contribution in [0.15, 0.2) is 41.4 Å². The summed E-state index contributed by atoms with van der Waals surface area (Å²) in [5.41, 5.74) is 0.462. The van der Waals surface area contributed by atoms with Crippen LogP contribution in [0.2, 0.25) is 5.02 Å². The molecule has 2 N–H and O–H groups in total. The smallest absolute Gasteiger partial charge is 0.335 e. The summed E-state index contributed by atoms with van der Waals surface area (Å²) < 4.78 is 26.9. The molecule has 0 saturated heterocycles. The molecule has 2 aromatic rings. The molecule has 0 unspecified atom stereocenters. The molecule has 0 amide bonds. The predicted octanol–water partition coefficient (Wildman–Crippen LogP) is 2.54. The first-order valence-electron chi connectivity index (χ1n) is 5.78. The zero-order valence-corrected chi connectivity index (χ0v) is 12.4. The van der Waals surface area contributed by atoms with Crippen molar-refractivity contribution in [3.8, 4) is 0 Å². The molecule has 1 aromatic carbocycles. The highest BCUT2D eigenvalue weighted by atomic mass is 35.5. The maximum absolute atomic E-state index is 12.3. The number of carbonyl (C=O) groups is 1. The van der Waals surface area contributed by atoms with Crippen LogP contribution in [0.3, 0.4) is 0 Å². The van der Waals surface area contributed by atoms with E-state index in [0.717, 1.165) is 6.07 Å². The van der Waals surface area contributed by atoms with Crippen LogP contribution in [-0.2, 0) is 10.0 Å². The standard InChI is InChI=1S/C13H11ClN2O4S/c1-8-3-2-6-15-12(8)16-21(19,20)11-7-9(13(17)18)4-5-10(11)14/h2-7H,1H3,(H,15,16)(H,17,18). The summed E-state index contributed by atoms with van der Waals surface area (Å²) in [5.74, 6) is -1.08. The lowest BCUT2D eigenvalue weighted by molar-refractivity contribution is 0.0696. The number of hydrogen-bond donors (Lipinski definition) is 2. The number of sulfonamides is 1. The number of halogens is 1. The van der Waals surface area contributed by atoms with Crippen molar-refractivity contribution in [1.82, 2.24) is 4.98 Å². The van der Waals surface area contributed by atoms with Crippen molar-refractivity contribution in [2.75, 3.05) is 4.72 Å². The fraction of sp³-hybridized carbons (Fsp3) is 0.0769. The SMILES string of the molecule is Cc1cccnc1NS(=O)(=O)c1cc(C(=O)O)ccc1Cl. The molecule has 2 rings (SSSR count). The Morgan fingerprint density at radius 3 is 2.67 bits per heavy atom. The van der Waals surface area contributed by atoms with E-state index in [1.165, 1.54) is 18.3 Å². The highest BCUT2D eigenvalue weighted by molar-refractivity contribution is 7.92. The van der Waals surface area contributed by atoms with Crippen molar-refractivity contribution >= 4 is 33.4 Å². The van der Waals surface area contributed by atoms with E-state index in [0.29, 0.717) is 5.56 Å². The van der Waals surface area contributed by atoms with E-state index in [1.807, 2.05) is 0 Å². The number of rotatable bonds is 4. The minimum atomic E-state index is -4.03. The molecule has 21 heavy (non-hydrogen) atoms. The monoisotopic (exact) mass is 326 g/mol. The summed E-state index contributed by atoms with van der Waals surface area (Å²) in [6.45, 7) is 1.69. The maximum atomic E-state index is 12.3. The largest absolute Gasteiger partial charge is 0.478 e. The van der Waals surface area contributed by atoms with Gasteiger partial charge in [0, 0.05) is 6.20 Å². The number of anilines is 1. The van der Waals surface area contributed by atoms with Crippen molar-refractivity contribution in [3.63, 3.8) is 0 Å². The van der Waals surface area contributed by atoms with Crippen molar-refractivity contribution in [3.05, 3.63) is 52.7 Å². The third-order valence-corrected chi connectivity index (χ3v) is 4.53. The molecule has 0 aliphatic heterocycles. The van der Waals surface area contributed by atoms with Crippen LogP contribution in [-0.4, -0.2) is 24.5 Å².